The molecule has 1 amide bonds. The third-order valence-corrected chi connectivity index (χ3v) is 6.70. The minimum Gasteiger partial charge on any atom is -0.349 e. The zero-order valence-electron chi connectivity index (χ0n) is 16.2. The monoisotopic (exact) mass is 577 g/mol. The minimum absolute atomic E-state index is 0.134. The Morgan fingerprint density at radius 2 is 1.64 bits per heavy atom. The van der Waals surface area contributed by atoms with E-state index in [9.17, 15) is 35.5 Å². The highest BCUT2D eigenvalue weighted by molar-refractivity contribution is 9.10. The van der Waals surface area contributed by atoms with Gasteiger partial charge in [0.25, 0.3) is 5.91 Å². The van der Waals surface area contributed by atoms with Gasteiger partial charge >= 0.3 is 12.4 Å². The van der Waals surface area contributed by atoms with Crippen LogP contribution in [0.2, 0.25) is 10.0 Å². The standard InChI is InChI=1S/C21H13BrCl2F7NO/c22-18-15(23)6-10(7-16(18)24)13(20(26,27)28)8-17(25)9-1-4-12(14(5-9)21(29,30)31)19(33)32-11-2-3-11/h1,4-8,11,13H,2-3H2,(H,32,33)/b17-8-. The third-order valence-electron chi connectivity index (χ3n) is 4.79. The molecule has 33 heavy (non-hydrogen) atoms. The highest BCUT2D eigenvalue weighted by Gasteiger charge is 2.41. The van der Waals surface area contributed by atoms with Crippen LogP contribution in [0.25, 0.3) is 5.83 Å². The molecule has 0 bridgehead atoms. The number of benzene rings is 2. The second kappa shape index (κ2) is 9.46. The van der Waals surface area contributed by atoms with Gasteiger partial charge in [-0.3, -0.25) is 4.79 Å². The molecule has 2 aromatic carbocycles. The molecule has 0 radical (unpaired) electrons. The Morgan fingerprint density at radius 1 is 1.06 bits per heavy atom. The summed E-state index contributed by atoms with van der Waals surface area (Å²) >= 11 is 14.7. The number of carbonyl (C=O) groups is 1. The van der Waals surface area contributed by atoms with Gasteiger partial charge in [0.2, 0.25) is 0 Å². The summed E-state index contributed by atoms with van der Waals surface area (Å²) in [5.41, 5.74) is -3.48. The molecular weight excluding hydrogens is 566 g/mol. The van der Waals surface area contributed by atoms with Crippen LogP contribution in [0.3, 0.4) is 0 Å². The average Bonchev–Trinajstić information content (AvgIpc) is 3.51. The number of rotatable bonds is 5. The quantitative estimate of drug-likeness (QED) is 0.280. The SMILES string of the molecule is O=C(NC1CC1)c1ccc(/C(F)=C/C(c2cc(Cl)c(Br)c(Cl)c2)C(F)(F)F)cc1C(F)(F)F. The minimum atomic E-state index is -5.04. The van der Waals surface area contributed by atoms with E-state index in [1.807, 2.05) is 0 Å². The Hall–Kier alpha value is -1.78. The van der Waals surface area contributed by atoms with E-state index in [0.29, 0.717) is 18.9 Å². The highest BCUT2D eigenvalue weighted by atomic mass is 79.9. The molecule has 0 saturated heterocycles. The number of halogens is 10. The van der Waals surface area contributed by atoms with E-state index in [1.165, 1.54) is 0 Å². The second-order valence-corrected chi connectivity index (χ2v) is 8.95. The lowest BCUT2D eigenvalue weighted by Gasteiger charge is -2.19. The van der Waals surface area contributed by atoms with E-state index in [-0.39, 0.29) is 26.6 Å². The summed E-state index contributed by atoms with van der Waals surface area (Å²) < 4.78 is 96.5. The van der Waals surface area contributed by atoms with E-state index in [2.05, 4.69) is 21.2 Å². The van der Waals surface area contributed by atoms with E-state index in [4.69, 9.17) is 23.2 Å². The van der Waals surface area contributed by atoms with Gasteiger partial charge in [0.1, 0.15) is 11.7 Å². The molecule has 1 fully saturated rings. The Morgan fingerprint density at radius 3 is 2.12 bits per heavy atom. The molecule has 0 spiro atoms. The van der Waals surface area contributed by atoms with Crippen LogP contribution in [0, 0.1) is 0 Å². The zero-order valence-corrected chi connectivity index (χ0v) is 19.3. The molecule has 2 aromatic rings. The molecule has 1 unspecified atom stereocenters. The molecular formula is C21H13BrCl2F7NO. The first-order valence-electron chi connectivity index (χ1n) is 9.29. The van der Waals surface area contributed by atoms with Gasteiger partial charge in [-0.25, -0.2) is 4.39 Å². The average molecular weight is 579 g/mol. The van der Waals surface area contributed by atoms with Gasteiger partial charge in [0.15, 0.2) is 0 Å². The number of hydrogen-bond donors (Lipinski definition) is 1. The fraction of sp³-hybridized carbons (Fsp3) is 0.286. The molecule has 3 rings (SSSR count). The van der Waals surface area contributed by atoms with Crippen LogP contribution in [0.1, 0.15) is 45.8 Å². The number of alkyl halides is 6. The van der Waals surface area contributed by atoms with Gasteiger partial charge in [0, 0.05) is 11.6 Å². The smallest absolute Gasteiger partial charge is 0.349 e. The lowest BCUT2D eigenvalue weighted by molar-refractivity contribution is -0.140. The van der Waals surface area contributed by atoms with Gasteiger partial charge in [-0.2, -0.15) is 26.3 Å². The molecule has 2 nitrogen and oxygen atoms in total. The van der Waals surface area contributed by atoms with E-state index >= 15 is 0 Å². The van der Waals surface area contributed by atoms with Crippen LogP contribution in [0.15, 0.2) is 40.9 Å². The first kappa shape index (κ1) is 25.8. The predicted octanol–water partition coefficient (Wildman–Crippen LogP) is 8.32. The van der Waals surface area contributed by atoms with Gasteiger partial charge in [-0.05, 0) is 64.7 Å². The van der Waals surface area contributed by atoms with Gasteiger partial charge in [-0.1, -0.05) is 29.3 Å². The van der Waals surface area contributed by atoms with Crippen molar-refractivity contribution in [3.8, 4) is 0 Å². The number of nitrogens with one attached hydrogen (secondary N) is 1. The zero-order chi connectivity index (χ0) is 24.7. The molecule has 12 heteroatoms. The maximum Gasteiger partial charge on any atom is 0.417 e. The summed E-state index contributed by atoms with van der Waals surface area (Å²) in [5.74, 6) is -5.10. The Labute approximate surface area is 201 Å². The van der Waals surface area contributed by atoms with E-state index in [1.54, 1.807) is 0 Å². The number of hydrogen-bond acceptors (Lipinski definition) is 1. The summed E-state index contributed by atoms with van der Waals surface area (Å²) in [6.07, 6.45) is -8.65. The number of carbonyl (C=O) groups excluding carboxylic acids is 1. The Balaban J connectivity index is 2.04. The molecule has 1 aliphatic carbocycles. The van der Waals surface area contributed by atoms with Crippen molar-refractivity contribution in [2.75, 3.05) is 0 Å². The van der Waals surface area contributed by atoms with Crippen LogP contribution in [-0.4, -0.2) is 18.1 Å². The van der Waals surface area contributed by atoms with E-state index < -0.39 is 52.3 Å². The summed E-state index contributed by atoms with van der Waals surface area (Å²) in [4.78, 5) is 12.1. The normalized spacial score (nSPS) is 16.0. The van der Waals surface area contributed by atoms with Crippen molar-refractivity contribution in [3.05, 3.63) is 73.2 Å². The summed E-state index contributed by atoms with van der Waals surface area (Å²) in [6, 6.07) is 3.48. The van der Waals surface area contributed by atoms with Crippen LogP contribution >= 0.6 is 39.1 Å². The summed E-state index contributed by atoms with van der Waals surface area (Å²) in [7, 11) is 0. The van der Waals surface area contributed by atoms with Crippen molar-refractivity contribution in [1.82, 2.24) is 5.32 Å². The Kier molecular flexibility index (Phi) is 7.41. The lowest BCUT2D eigenvalue weighted by atomic mass is 9.95. The lowest BCUT2D eigenvalue weighted by Crippen LogP contribution is -2.28. The maximum absolute atomic E-state index is 14.8. The maximum atomic E-state index is 14.8. The molecule has 0 aliphatic heterocycles. The Bertz CT molecular complexity index is 1090. The second-order valence-electron chi connectivity index (χ2n) is 7.34. The van der Waals surface area contributed by atoms with Gasteiger partial charge in [0.05, 0.1) is 25.6 Å². The summed E-state index contributed by atoms with van der Waals surface area (Å²) in [5, 5.41) is 2.07. The summed E-state index contributed by atoms with van der Waals surface area (Å²) in [6.45, 7) is 0. The first-order valence-corrected chi connectivity index (χ1v) is 10.8. The fourth-order valence-electron chi connectivity index (χ4n) is 2.99. The van der Waals surface area contributed by atoms with Crippen molar-refractivity contribution >= 4 is 50.9 Å². The largest absolute Gasteiger partial charge is 0.417 e. The van der Waals surface area contributed by atoms with Gasteiger partial charge < -0.3 is 5.32 Å². The molecule has 178 valence electrons. The molecule has 0 aromatic heterocycles. The van der Waals surface area contributed by atoms with Crippen molar-refractivity contribution in [1.29, 1.82) is 0 Å². The van der Waals surface area contributed by atoms with E-state index in [0.717, 1.165) is 24.3 Å². The molecule has 1 N–H and O–H groups in total. The first-order chi connectivity index (χ1) is 15.2. The number of allylic oxidation sites excluding steroid dienone is 1. The van der Waals surface area contributed by atoms with Crippen molar-refractivity contribution in [3.63, 3.8) is 0 Å². The van der Waals surface area contributed by atoms with Crippen molar-refractivity contribution < 1.29 is 35.5 Å². The highest BCUT2D eigenvalue weighted by Crippen LogP contribution is 2.43. The fourth-order valence-corrected chi connectivity index (χ4v) is 3.73. The van der Waals surface area contributed by atoms with Crippen LogP contribution < -0.4 is 5.32 Å². The van der Waals surface area contributed by atoms with Crippen LogP contribution in [0.5, 0.6) is 0 Å². The van der Waals surface area contributed by atoms with Crippen LogP contribution in [-0.2, 0) is 6.18 Å². The molecule has 1 atom stereocenters. The third kappa shape index (κ3) is 6.22. The molecule has 1 saturated carbocycles. The predicted molar refractivity (Wildman–Crippen MR) is 114 cm³/mol. The van der Waals surface area contributed by atoms with Crippen molar-refractivity contribution in [2.45, 2.75) is 37.2 Å². The van der Waals surface area contributed by atoms with Crippen LogP contribution in [0.4, 0.5) is 30.7 Å². The number of amides is 1. The molecule has 0 heterocycles. The topological polar surface area (TPSA) is 29.1 Å². The van der Waals surface area contributed by atoms with Gasteiger partial charge in [-0.15, -0.1) is 0 Å². The van der Waals surface area contributed by atoms with Crippen molar-refractivity contribution in [2.24, 2.45) is 0 Å². The molecule has 1 aliphatic rings.